The third kappa shape index (κ3) is 3.16. The van der Waals surface area contributed by atoms with Crippen LogP contribution in [0.1, 0.15) is 30.0 Å². The molecule has 1 unspecified atom stereocenters. The van der Waals surface area contributed by atoms with Gasteiger partial charge in [0.05, 0.1) is 11.1 Å². The van der Waals surface area contributed by atoms with E-state index < -0.39 is 23.5 Å². The van der Waals surface area contributed by atoms with Crippen LogP contribution in [0.3, 0.4) is 0 Å². The second-order valence-corrected chi connectivity index (χ2v) is 6.83. The zero-order valence-electron chi connectivity index (χ0n) is 14.1. The van der Waals surface area contributed by atoms with Gasteiger partial charge < -0.3 is 9.88 Å². The molecule has 1 fully saturated rings. The summed E-state index contributed by atoms with van der Waals surface area (Å²) >= 11 is 0. The smallest absolute Gasteiger partial charge is 0.336 e. The Morgan fingerprint density at radius 3 is 1.74 bits per heavy atom. The van der Waals surface area contributed by atoms with Crippen LogP contribution in [0.2, 0.25) is 0 Å². The van der Waals surface area contributed by atoms with Crippen LogP contribution in [0.15, 0.2) is 36.4 Å². The van der Waals surface area contributed by atoms with Crippen molar-refractivity contribution in [1.82, 2.24) is 9.88 Å². The molecule has 144 valence electrons. The quantitative estimate of drug-likeness (QED) is 0.527. The minimum Gasteiger partial charge on any atom is -0.336 e. The molecule has 0 aliphatic carbocycles. The first-order valence-electron chi connectivity index (χ1n) is 8.59. The highest BCUT2D eigenvalue weighted by Gasteiger charge is 2.33. The fourth-order valence-electron chi connectivity index (χ4n) is 3.85. The fourth-order valence-corrected chi connectivity index (χ4v) is 3.85. The maximum atomic E-state index is 13.1. The number of aromatic nitrogens is 1. The highest BCUT2D eigenvalue weighted by atomic mass is 19.4. The molecule has 27 heavy (non-hydrogen) atoms. The van der Waals surface area contributed by atoms with Crippen molar-refractivity contribution in [3.63, 3.8) is 0 Å². The summed E-state index contributed by atoms with van der Waals surface area (Å²) in [4.78, 5) is 0. The number of nitrogens with zero attached hydrogens (tertiary/aromatic N) is 1. The normalized spacial score (nSPS) is 19.1. The van der Waals surface area contributed by atoms with E-state index in [4.69, 9.17) is 0 Å². The van der Waals surface area contributed by atoms with Gasteiger partial charge in [-0.15, -0.1) is 0 Å². The molecule has 1 aliphatic heterocycles. The van der Waals surface area contributed by atoms with E-state index in [1.807, 2.05) is 4.57 Å². The lowest BCUT2D eigenvalue weighted by molar-refractivity contribution is -0.138. The SMILES string of the molecule is FC(F)(F)c1ccc2c(c1)c1cc(C(F)(F)F)ccc1n2C1CCCNC1. The van der Waals surface area contributed by atoms with Gasteiger partial charge in [-0.3, -0.25) is 0 Å². The van der Waals surface area contributed by atoms with Crippen LogP contribution in [0.4, 0.5) is 26.3 Å². The Morgan fingerprint density at radius 2 is 1.33 bits per heavy atom. The summed E-state index contributed by atoms with van der Waals surface area (Å²) in [6.45, 7) is 1.48. The molecule has 3 aromatic rings. The summed E-state index contributed by atoms with van der Waals surface area (Å²) in [5, 5.41) is 3.63. The number of rotatable bonds is 1. The summed E-state index contributed by atoms with van der Waals surface area (Å²) in [7, 11) is 0. The third-order valence-electron chi connectivity index (χ3n) is 5.09. The summed E-state index contributed by atoms with van der Waals surface area (Å²) in [6, 6.07) is 6.57. The van der Waals surface area contributed by atoms with Crippen molar-refractivity contribution in [2.24, 2.45) is 0 Å². The molecule has 1 aromatic heterocycles. The molecule has 2 nitrogen and oxygen atoms in total. The first-order valence-corrected chi connectivity index (χ1v) is 8.59. The van der Waals surface area contributed by atoms with Gasteiger partial charge in [0.1, 0.15) is 0 Å². The molecular formula is C19H16F6N2. The number of hydrogen-bond donors (Lipinski definition) is 1. The number of piperidine rings is 1. The standard InChI is InChI=1S/C19H16F6N2/c20-18(21,22)11-3-5-16-14(8-11)15-9-12(19(23,24)25)4-6-17(15)27(16)13-2-1-7-26-10-13/h3-6,8-9,13,26H,1-2,7,10H2. The Kier molecular flexibility index (Phi) is 4.14. The van der Waals surface area contributed by atoms with Gasteiger partial charge in [0.25, 0.3) is 0 Å². The van der Waals surface area contributed by atoms with Gasteiger partial charge >= 0.3 is 12.4 Å². The van der Waals surface area contributed by atoms with E-state index in [0.717, 1.165) is 43.7 Å². The molecule has 0 saturated carbocycles. The molecule has 1 saturated heterocycles. The molecular weight excluding hydrogens is 370 g/mol. The van der Waals surface area contributed by atoms with E-state index in [1.54, 1.807) is 0 Å². The topological polar surface area (TPSA) is 17.0 Å². The molecule has 2 aromatic carbocycles. The van der Waals surface area contributed by atoms with Crippen molar-refractivity contribution in [1.29, 1.82) is 0 Å². The molecule has 1 atom stereocenters. The number of nitrogens with one attached hydrogen (secondary N) is 1. The lowest BCUT2D eigenvalue weighted by Gasteiger charge is -2.26. The highest BCUT2D eigenvalue weighted by molar-refractivity contribution is 6.08. The van der Waals surface area contributed by atoms with Crippen LogP contribution in [0, 0.1) is 0 Å². The average Bonchev–Trinajstić information content (AvgIpc) is 2.94. The monoisotopic (exact) mass is 386 g/mol. The summed E-state index contributed by atoms with van der Waals surface area (Å²) in [5.74, 6) is 0. The van der Waals surface area contributed by atoms with Crippen molar-refractivity contribution in [2.45, 2.75) is 31.2 Å². The van der Waals surface area contributed by atoms with E-state index in [2.05, 4.69) is 5.32 Å². The Bertz CT molecular complexity index is 922. The number of benzene rings is 2. The number of alkyl halides is 6. The lowest BCUT2D eigenvalue weighted by Crippen LogP contribution is -2.31. The predicted molar refractivity (Wildman–Crippen MR) is 90.6 cm³/mol. The van der Waals surface area contributed by atoms with Gasteiger partial charge in [-0.2, -0.15) is 26.3 Å². The van der Waals surface area contributed by atoms with Gasteiger partial charge in [-0.25, -0.2) is 0 Å². The maximum absolute atomic E-state index is 13.1. The van der Waals surface area contributed by atoms with E-state index in [0.29, 0.717) is 17.6 Å². The molecule has 0 bridgehead atoms. The molecule has 1 aliphatic rings. The second kappa shape index (κ2) is 6.15. The van der Waals surface area contributed by atoms with Crippen molar-refractivity contribution in [3.05, 3.63) is 47.5 Å². The largest absolute Gasteiger partial charge is 0.416 e. The molecule has 1 N–H and O–H groups in total. The minimum absolute atomic E-state index is 0.0211. The molecule has 0 amide bonds. The van der Waals surface area contributed by atoms with Crippen LogP contribution in [-0.2, 0) is 12.4 Å². The van der Waals surface area contributed by atoms with Gasteiger partial charge in [-0.05, 0) is 55.8 Å². The van der Waals surface area contributed by atoms with E-state index in [-0.39, 0.29) is 16.8 Å². The van der Waals surface area contributed by atoms with E-state index >= 15 is 0 Å². The summed E-state index contributed by atoms with van der Waals surface area (Å²) in [6.07, 6.45) is -7.41. The van der Waals surface area contributed by atoms with Gasteiger partial charge in [0.15, 0.2) is 0 Å². The van der Waals surface area contributed by atoms with Crippen molar-refractivity contribution in [3.8, 4) is 0 Å². The maximum Gasteiger partial charge on any atom is 0.416 e. The molecule has 2 heterocycles. The third-order valence-corrected chi connectivity index (χ3v) is 5.09. The van der Waals surface area contributed by atoms with Crippen molar-refractivity contribution >= 4 is 21.8 Å². The average molecular weight is 386 g/mol. The summed E-state index contributed by atoms with van der Waals surface area (Å²) in [5.41, 5.74) is -0.696. The zero-order valence-corrected chi connectivity index (χ0v) is 14.1. The zero-order chi connectivity index (χ0) is 19.4. The van der Waals surface area contributed by atoms with Crippen LogP contribution in [0.25, 0.3) is 21.8 Å². The highest BCUT2D eigenvalue weighted by Crippen LogP contribution is 2.40. The molecule has 8 heteroatoms. The molecule has 0 spiro atoms. The Morgan fingerprint density at radius 1 is 0.815 bits per heavy atom. The first kappa shape index (κ1) is 18.2. The van der Waals surface area contributed by atoms with Gasteiger partial charge in [0, 0.05) is 34.4 Å². The number of halogens is 6. The lowest BCUT2D eigenvalue weighted by atomic mass is 10.1. The van der Waals surface area contributed by atoms with Gasteiger partial charge in [-0.1, -0.05) is 0 Å². The van der Waals surface area contributed by atoms with Gasteiger partial charge in [0.2, 0.25) is 0 Å². The van der Waals surface area contributed by atoms with Crippen LogP contribution in [0.5, 0.6) is 0 Å². The van der Waals surface area contributed by atoms with E-state index in [9.17, 15) is 26.3 Å². The van der Waals surface area contributed by atoms with E-state index in [1.165, 1.54) is 12.1 Å². The second-order valence-electron chi connectivity index (χ2n) is 6.83. The van der Waals surface area contributed by atoms with Crippen LogP contribution >= 0.6 is 0 Å². The Labute approximate surface area is 150 Å². The fraction of sp³-hybridized carbons (Fsp3) is 0.368. The predicted octanol–water partition coefficient (Wildman–Crippen LogP) is 5.76. The number of fused-ring (bicyclic) bond motifs is 3. The Hall–Kier alpha value is -2.22. The molecule has 0 radical (unpaired) electrons. The summed E-state index contributed by atoms with van der Waals surface area (Å²) < 4.78 is 80.8. The first-order chi connectivity index (χ1) is 12.7. The molecule has 4 rings (SSSR count). The minimum atomic E-state index is -4.56. The van der Waals surface area contributed by atoms with Crippen molar-refractivity contribution in [2.75, 3.05) is 13.1 Å². The Balaban J connectivity index is 2.03. The van der Waals surface area contributed by atoms with Crippen LogP contribution in [-0.4, -0.2) is 17.7 Å². The number of hydrogen-bond acceptors (Lipinski definition) is 1. The van der Waals surface area contributed by atoms with Crippen LogP contribution < -0.4 is 5.32 Å². The van der Waals surface area contributed by atoms with Crippen molar-refractivity contribution < 1.29 is 26.3 Å².